The molecule has 2 amide bonds. The summed E-state index contributed by atoms with van der Waals surface area (Å²) in [6.45, 7) is 21.1. The Morgan fingerprint density at radius 3 is 1.58 bits per heavy atom. The predicted octanol–water partition coefficient (Wildman–Crippen LogP) is 6.09. The highest BCUT2D eigenvalue weighted by Gasteiger charge is 2.44. The van der Waals surface area contributed by atoms with Crippen molar-refractivity contribution in [2.45, 2.75) is 155 Å². The van der Waals surface area contributed by atoms with Gasteiger partial charge in [-0.2, -0.15) is 0 Å². The highest BCUT2D eigenvalue weighted by molar-refractivity contribution is 5.70. The number of rotatable bonds is 9. The summed E-state index contributed by atoms with van der Waals surface area (Å²) in [4.78, 5) is 29.0. The van der Waals surface area contributed by atoms with E-state index in [4.69, 9.17) is 15.2 Å². The molecule has 0 saturated carbocycles. The molecular formula is C30H57N3O5. The van der Waals surface area contributed by atoms with Crippen molar-refractivity contribution in [3.63, 3.8) is 0 Å². The van der Waals surface area contributed by atoms with Gasteiger partial charge in [-0.1, -0.05) is 0 Å². The normalized spacial score (nSPS) is 24.8. The summed E-state index contributed by atoms with van der Waals surface area (Å²) < 4.78 is 11.2. The second kappa shape index (κ2) is 12.3. The number of aliphatic hydroxyl groups excluding tert-OH is 1. The molecule has 0 radical (unpaired) electrons. The third-order valence-corrected chi connectivity index (χ3v) is 7.87. The lowest BCUT2D eigenvalue weighted by Gasteiger charge is -2.33. The third kappa shape index (κ3) is 10.2. The Labute approximate surface area is 232 Å². The lowest BCUT2D eigenvalue weighted by molar-refractivity contribution is 0.0118. The van der Waals surface area contributed by atoms with Crippen LogP contribution >= 0.6 is 0 Å². The van der Waals surface area contributed by atoms with Gasteiger partial charge in [0.1, 0.15) is 11.2 Å². The van der Waals surface area contributed by atoms with Crippen molar-refractivity contribution in [2.75, 3.05) is 13.1 Å². The molecule has 4 atom stereocenters. The molecule has 0 aromatic carbocycles. The van der Waals surface area contributed by atoms with Crippen LogP contribution in [0, 0.1) is 11.8 Å². The van der Waals surface area contributed by atoms with Crippen molar-refractivity contribution in [2.24, 2.45) is 17.6 Å². The van der Waals surface area contributed by atoms with E-state index in [-0.39, 0.29) is 35.4 Å². The number of hydrogen-bond acceptors (Lipinski definition) is 6. The number of carbonyl (C=O) groups excluding carboxylic acids is 2. The average molecular weight is 540 g/mol. The molecule has 0 aromatic heterocycles. The molecule has 0 spiro atoms. The zero-order valence-corrected chi connectivity index (χ0v) is 25.9. The number of ether oxygens (including phenoxy) is 2. The molecular weight excluding hydrogens is 482 g/mol. The highest BCUT2D eigenvalue weighted by Crippen LogP contribution is 2.38. The molecule has 8 nitrogen and oxygen atoms in total. The Kier molecular flexibility index (Phi) is 10.6. The van der Waals surface area contributed by atoms with Crippen LogP contribution in [0.2, 0.25) is 0 Å². The van der Waals surface area contributed by atoms with Crippen molar-refractivity contribution in [3.05, 3.63) is 0 Å². The van der Waals surface area contributed by atoms with Crippen molar-refractivity contribution in [1.29, 1.82) is 0 Å². The van der Waals surface area contributed by atoms with E-state index in [9.17, 15) is 14.7 Å². The SMILES string of the molecule is CC(C)(C)OC(=O)N1CC(CCC(N)CCC(O)CCC2CN(C(=O)OC(C)(C)C)C(C)(C)C2)CC1(C)C. The van der Waals surface area contributed by atoms with Crippen molar-refractivity contribution >= 4 is 12.2 Å². The predicted molar refractivity (Wildman–Crippen MR) is 152 cm³/mol. The van der Waals surface area contributed by atoms with E-state index < -0.39 is 11.2 Å². The van der Waals surface area contributed by atoms with Gasteiger partial charge in [0.15, 0.2) is 0 Å². The van der Waals surface area contributed by atoms with Crippen LogP contribution in [0.3, 0.4) is 0 Å². The van der Waals surface area contributed by atoms with Crippen LogP contribution in [0.25, 0.3) is 0 Å². The van der Waals surface area contributed by atoms with Crippen LogP contribution in [-0.4, -0.2) is 74.6 Å². The zero-order valence-electron chi connectivity index (χ0n) is 25.9. The maximum Gasteiger partial charge on any atom is 0.410 e. The molecule has 2 heterocycles. The lowest BCUT2D eigenvalue weighted by Crippen LogP contribution is -2.45. The first-order valence-electron chi connectivity index (χ1n) is 14.6. The van der Waals surface area contributed by atoms with Gasteiger partial charge in [-0.05, 0) is 132 Å². The minimum atomic E-state index is -0.508. The fourth-order valence-corrected chi connectivity index (χ4v) is 6.01. The summed E-state index contributed by atoms with van der Waals surface area (Å²) in [5, 5.41) is 10.6. The van der Waals surface area contributed by atoms with Crippen molar-refractivity contribution < 1.29 is 24.2 Å². The van der Waals surface area contributed by atoms with Crippen LogP contribution in [0.1, 0.15) is 121 Å². The Morgan fingerprint density at radius 2 is 1.18 bits per heavy atom. The van der Waals surface area contributed by atoms with E-state index >= 15 is 0 Å². The van der Waals surface area contributed by atoms with Gasteiger partial charge < -0.3 is 30.1 Å². The summed E-state index contributed by atoms with van der Waals surface area (Å²) in [6.07, 6.45) is 5.92. The minimum Gasteiger partial charge on any atom is -0.444 e. The molecule has 8 heteroatoms. The first-order valence-corrected chi connectivity index (χ1v) is 14.6. The largest absolute Gasteiger partial charge is 0.444 e. The summed E-state index contributed by atoms with van der Waals surface area (Å²) in [5.41, 5.74) is 4.96. The maximum absolute atomic E-state index is 12.7. The van der Waals surface area contributed by atoms with Gasteiger partial charge in [-0.25, -0.2) is 9.59 Å². The van der Waals surface area contributed by atoms with Gasteiger partial charge in [-0.15, -0.1) is 0 Å². The molecule has 0 aromatic rings. The summed E-state index contributed by atoms with van der Waals surface area (Å²) in [5.74, 6) is 0.770. The molecule has 4 unspecified atom stereocenters. The number of hydrogen-bond donors (Lipinski definition) is 2. The molecule has 2 aliphatic heterocycles. The van der Waals surface area contributed by atoms with Crippen LogP contribution < -0.4 is 5.73 Å². The molecule has 2 aliphatic rings. The second-order valence-corrected chi connectivity index (χ2v) is 15.1. The molecule has 3 N–H and O–H groups in total. The number of nitrogens with two attached hydrogens (primary N) is 1. The number of carbonyl (C=O) groups is 2. The molecule has 2 rings (SSSR count). The van der Waals surface area contributed by atoms with E-state index in [1.807, 2.05) is 51.3 Å². The minimum absolute atomic E-state index is 0.0383. The number of likely N-dealkylation sites (tertiary alicyclic amines) is 2. The van der Waals surface area contributed by atoms with Gasteiger partial charge in [0.05, 0.1) is 6.10 Å². The van der Waals surface area contributed by atoms with Crippen molar-refractivity contribution in [3.8, 4) is 0 Å². The van der Waals surface area contributed by atoms with Crippen LogP contribution in [0.5, 0.6) is 0 Å². The van der Waals surface area contributed by atoms with Gasteiger partial charge in [0, 0.05) is 30.2 Å². The van der Waals surface area contributed by atoms with E-state index in [2.05, 4.69) is 27.7 Å². The fraction of sp³-hybridized carbons (Fsp3) is 0.933. The first kappa shape index (κ1) is 32.7. The molecule has 2 saturated heterocycles. The third-order valence-electron chi connectivity index (χ3n) is 7.87. The monoisotopic (exact) mass is 539 g/mol. The van der Waals surface area contributed by atoms with E-state index in [0.29, 0.717) is 31.3 Å². The first-order chi connectivity index (χ1) is 17.2. The zero-order chi connectivity index (χ0) is 29.1. The quantitative estimate of drug-likeness (QED) is 0.367. The van der Waals surface area contributed by atoms with E-state index in [1.54, 1.807) is 0 Å². The Morgan fingerprint density at radius 1 is 0.789 bits per heavy atom. The standard InChI is InChI=1S/C30H57N3O5/c1-27(2,3)37-25(35)32-19-21(17-29(32,7)8)11-13-23(31)14-16-24(34)15-12-22-18-30(9,10)33(20-22)26(36)38-28(4,5)6/h21-24,34H,11-20,31H2,1-10H3. The summed E-state index contributed by atoms with van der Waals surface area (Å²) in [6, 6.07) is 0.0383. The van der Waals surface area contributed by atoms with E-state index in [1.165, 1.54) is 0 Å². The molecule has 0 bridgehead atoms. The van der Waals surface area contributed by atoms with Crippen LogP contribution in [0.15, 0.2) is 0 Å². The number of nitrogens with zero attached hydrogens (tertiary/aromatic N) is 2. The van der Waals surface area contributed by atoms with Gasteiger partial charge in [-0.3, -0.25) is 0 Å². The van der Waals surface area contributed by atoms with Gasteiger partial charge in [0.2, 0.25) is 0 Å². The molecule has 38 heavy (non-hydrogen) atoms. The topological polar surface area (TPSA) is 105 Å². The van der Waals surface area contributed by atoms with Gasteiger partial charge in [0.25, 0.3) is 0 Å². The smallest absolute Gasteiger partial charge is 0.410 e. The Hall–Kier alpha value is -1.54. The number of aliphatic hydroxyl groups is 1. The molecule has 2 fully saturated rings. The Balaban J connectivity index is 1.71. The van der Waals surface area contributed by atoms with Crippen LogP contribution in [0.4, 0.5) is 9.59 Å². The summed E-state index contributed by atoms with van der Waals surface area (Å²) >= 11 is 0. The average Bonchev–Trinajstić information content (AvgIpc) is 3.20. The second-order valence-electron chi connectivity index (χ2n) is 15.1. The highest BCUT2D eigenvalue weighted by atomic mass is 16.6. The molecule has 0 aliphatic carbocycles. The van der Waals surface area contributed by atoms with Crippen LogP contribution in [-0.2, 0) is 9.47 Å². The molecule has 222 valence electrons. The van der Waals surface area contributed by atoms with E-state index in [0.717, 1.165) is 44.9 Å². The number of amides is 2. The van der Waals surface area contributed by atoms with Crippen molar-refractivity contribution in [1.82, 2.24) is 9.80 Å². The Bertz CT molecular complexity index is 733. The lowest BCUT2D eigenvalue weighted by atomic mass is 9.90. The fourth-order valence-electron chi connectivity index (χ4n) is 6.01. The maximum atomic E-state index is 12.7. The van der Waals surface area contributed by atoms with Gasteiger partial charge >= 0.3 is 12.2 Å². The summed E-state index contributed by atoms with van der Waals surface area (Å²) in [7, 11) is 0.